The first-order chi connectivity index (χ1) is 9.09. The molecule has 2 amide bonds. The van der Waals surface area contributed by atoms with Crippen molar-refractivity contribution in [3.8, 4) is 0 Å². The van der Waals surface area contributed by atoms with Crippen molar-refractivity contribution in [2.75, 3.05) is 13.1 Å². The number of amides is 2. The number of thiophene rings is 1. The molecule has 1 fully saturated rings. The molecule has 0 unspecified atom stereocenters. The third kappa shape index (κ3) is 3.11. The maximum atomic E-state index is 11.9. The lowest BCUT2D eigenvalue weighted by atomic mass is 10.2. The molecule has 1 aromatic heterocycles. The van der Waals surface area contributed by atoms with Crippen LogP contribution in [0, 0.1) is 0 Å². The summed E-state index contributed by atoms with van der Waals surface area (Å²) in [7, 11) is 0. The van der Waals surface area contributed by atoms with Gasteiger partial charge < -0.3 is 15.3 Å². The molecule has 0 saturated carbocycles. The molecule has 0 bridgehead atoms. The largest absolute Gasteiger partial charge is 0.480 e. The SMILES string of the molecule is O=C(NCC(=O)N1CCC[C@@H]1C(=O)O)c1cccs1. The number of carbonyl (C=O) groups is 3. The highest BCUT2D eigenvalue weighted by atomic mass is 32.1. The van der Waals surface area contributed by atoms with Crippen LogP contribution in [-0.2, 0) is 9.59 Å². The molecule has 1 aromatic rings. The third-order valence-electron chi connectivity index (χ3n) is 3.00. The van der Waals surface area contributed by atoms with Crippen molar-refractivity contribution in [2.45, 2.75) is 18.9 Å². The van der Waals surface area contributed by atoms with E-state index in [1.165, 1.54) is 16.2 Å². The monoisotopic (exact) mass is 282 g/mol. The van der Waals surface area contributed by atoms with Crippen LogP contribution in [-0.4, -0.2) is 46.9 Å². The van der Waals surface area contributed by atoms with Gasteiger partial charge in [-0.05, 0) is 24.3 Å². The molecule has 2 rings (SSSR count). The number of carboxylic acid groups (broad SMARTS) is 1. The van der Waals surface area contributed by atoms with E-state index < -0.39 is 12.0 Å². The van der Waals surface area contributed by atoms with Crippen LogP contribution in [0.1, 0.15) is 22.5 Å². The van der Waals surface area contributed by atoms with Gasteiger partial charge in [0.05, 0.1) is 11.4 Å². The van der Waals surface area contributed by atoms with Gasteiger partial charge in [0.2, 0.25) is 5.91 Å². The Morgan fingerprint density at radius 2 is 2.26 bits per heavy atom. The van der Waals surface area contributed by atoms with Crippen LogP contribution in [0.25, 0.3) is 0 Å². The first-order valence-corrected chi connectivity index (χ1v) is 6.81. The van der Waals surface area contributed by atoms with Crippen LogP contribution in [0.5, 0.6) is 0 Å². The minimum atomic E-state index is -0.990. The highest BCUT2D eigenvalue weighted by Gasteiger charge is 2.33. The standard InChI is InChI=1S/C12H14N2O4S/c15-10(14-5-1-3-8(14)12(17)18)7-13-11(16)9-4-2-6-19-9/h2,4,6,8H,1,3,5,7H2,(H,13,16)(H,17,18)/t8-/m1/s1. The van der Waals surface area contributed by atoms with Gasteiger partial charge in [-0.3, -0.25) is 9.59 Å². The van der Waals surface area contributed by atoms with E-state index in [0.29, 0.717) is 24.3 Å². The number of hydrogen-bond acceptors (Lipinski definition) is 4. The second kappa shape index (κ2) is 5.83. The lowest BCUT2D eigenvalue weighted by Crippen LogP contribution is -2.45. The molecular formula is C12H14N2O4S. The summed E-state index contributed by atoms with van der Waals surface area (Å²) < 4.78 is 0. The van der Waals surface area contributed by atoms with Gasteiger partial charge in [0.1, 0.15) is 6.04 Å². The summed E-state index contributed by atoms with van der Waals surface area (Å²) >= 11 is 1.29. The zero-order valence-corrected chi connectivity index (χ0v) is 11.0. The number of aliphatic carboxylic acids is 1. The number of nitrogens with zero attached hydrogens (tertiary/aromatic N) is 1. The van der Waals surface area contributed by atoms with Crippen molar-refractivity contribution in [1.82, 2.24) is 10.2 Å². The highest BCUT2D eigenvalue weighted by molar-refractivity contribution is 7.12. The average Bonchev–Trinajstić information content (AvgIpc) is 3.04. The Morgan fingerprint density at radius 3 is 2.89 bits per heavy atom. The molecular weight excluding hydrogens is 268 g/mol. The lowest BCUT2D eigenvalue weighted by Gasteiger charge is -2.21. The summed E-state index contributed by atoms with van der Waals surface area (Å²) in [4.78, 5) is 36.3. The van der Waals surface area contributed by atoms with Gasteiger partial charge in [0.25, 0.3) is 5.91 Å². The van der Waals surface area contributed by atoms with Crippen molar-refractivity contribution in [3.05, 3.63) is 22.4 Å². The number of carbonyl (C=O) groups excluding carboxylic acids is 2. The Kier molecular flexibility index (Phi) is 4.16. The van der Waals surface area contributed by atoms with Crippen LogP contribution in [0.15, 0.2) is 17.5 Å². The minimum absolute atomic E-state index is 0.166. The summed E-state index contributed by atoms with van der Waals surface area (Å²) in [5, 5.41) is 13.3. The van der Waals surface area contributed by atoms with Crippen LogP contribution < -0.4 is 5.32 Å². The number of likely N-dealkylation sites (tertiary alicyclic amines) is 1. The fraction of sp³-hybridized carbons (Fsp3) is 0.417. The maximum Gasteiger partial charge on any atom is 0.326 e. The van der Waals surface area contributed by atoms with Crippen molar-refractivity contribution < 1.29 is 19.5 Å². The first-order valence-electron chi connectivity index (χ1n) is 5.93. The summed E-state index contributed by atoms with van der Waals surface area (Å²) in [6.07, 6.45) is 1.15. The van der Waals surface area contributed by atoms with E-state index in [0.717, 1.165) is 0 Å². The quantitative estimate of drug-likeness (QED) is 0.844. The smallest absolute Gasteiger partial charge is 0.326 e. The fourth-order valence-corrected chi connectivity index (χ4v) is 2.71. The van der Waals surface area contributed by atoms with Gasteiger partial charge in [0, 0.05) is 6.54 Å². The Balaban J connectivity index is 1.88. The Morgan fingerprint density at radius 1 is 1.47 bits per heavy atom. The molecule has 1 aliphatic heterocycles. The van der Waals surface area contributed by atoms with E-state index in [-0.39, 0.29) is 18.4 Å². The van der Waals surface area contributed by atoms with Crippen molar-refractivity contribution in [3.63, 3.8) is 0 Å². The van der Waals surface area contributed by atoms with E-state index in [1.54, 1.807) is 17.5 Å². The van der Waals surface area contributed by atoms with Crippen LogP contribution in [0.4, 0.5) is 0 Å². The fourth-order valence-electron chi connectivity index (χ4n) is 2.07. The Bertz CT molecular complexity index is 486. The van der Waals surface area contributed by atoms with Gasteiger partial charge in [-0.1, -0.05) is 6.07 Å². The van der Waals surface area contributed by atoms with E-state index in [9.17, 15) is 14.4 Å². The maximum absolute atomic E-state index is 11.9. The van der Waals surface area contributed by atoms with Gasteiger partial charge in [-0.2, -0.15) is 0 Å². The zero-order chi connectivity index (χ0) is 13.8. The summed E-state index contributed by atoms with van der Waals surface area (Å²) in [6, 6.07) is 2.66. The first kappa shape index (κ1) is 13.5. The third-order valence-corrected chi connectivity index (χ3v) is 3.87. The van der Waals surface area contributed by atoms with E-state index in [1.807, 2.05) is 0 Å². The Hall–Kier alpha value is -1.89. The molecule has 1 aliphatic rings. The van der Waals surface area contributed by atoms with Gasteiger partial charge in [-0.15, -0.1) is 11.3 Å². The number of hydrogen-bond donors (Lipinski definition) is 2. The average molecular weight is 282 g/mol. The summed E-state index contributed by atoms with van der Waals surface area (Å²) in [6.45, 7) is 0.269. The summed E-state index contributed by atoms with van der Waals surface area (Å²) in [5.74, 6) is -1.65. The minimum Gasteiger partial charge on any atom is -0.480 e. The van der Waals surface area contributed by atoms with Gasteiger partial charge in [0.15, 0.2) is 0 Å². The van der Waals surface area contributed by atoms with Crippen LogP contribution in [0.2, 0.25) is 0 Å². The molecule has 102 valence electrons. The van der Waals surface area contributed by atoms with E-state index in [2.05, 4.69) is 5.32 Å². The van der Waals surface area contributed by atoms with Crippen molar-refractivity contribution in [2.24, 2.45) is 0 Å². The van der Waals surface area contributed by atoms with Crippen LogP contribution >= 0.6 is 11.3 Å². The molecule has 0 spiro atoms. The van der Waals surface area contributed by atoms with Gasteiger partial charge >= 0.3 is 5.97 Å². The van der Waals surface area contributed by atoms with Crippen molar-refractivity contribution >= 4 is 29.1 Å². The number of rotatable bonds is 4. The molecule has 1 atom stereocenters. The van der Waals surface area contributed by atoms with Crippen molar-refractivity contribution in [1.29, 1.82) is 0 Å². The summed E-state index contributed by atoms with van der Waals surface area (Å²) in [5.41, 5.74) is 0. The number of nitrogens with one attached hydrogen (secondary N) is 1. The molecule has 1 saturated heterocycles. The molecule has 0 aliphatic carbocycles. The molecule has 0 aromatic carbocycles. The predicted molar refractivity (Wildman–Crippen MR) is 69.0 cm³/mol. The topological polar surface area (TPSA) is 86.7 Å². The lowest BCUT2D eigenvalue weighted by molar-refractivity contribution is -0.147. The predicted octanol–water partition coefficient (Wildman–Crippen LogP) is 0.554. The normalized spacial score (nSPS) is 18.3. The molecule has 7 heteroatoms. The molecule has 0 radical (unpaired) electrons. The molecule has 2 N–H and O–H groups in total. The van der Waals surface area contributed by atoms with E-state index >= 15 is 0 Å². The number of carboxylic acids is 1. The van der Waals surface area contributed by atoms with Gasteiger partial charge in [-0.25, -0.2) is 4.79 Å². The second-order valence-corrected chi connectivity index (χ2v) is 5.19. The highest BCUT2D eigenvalue weighted by Crippen LogP contribution is 2.17. The molecule has 19 heavy (non-hydrogen) atoms. The molecule has 2 heterocycles. The van der Waals surface area contributed by atoms with E-state index in [4.69, 9.17) is 5.11 Å². The Labute approximate surface area is 114 Å². The zero-order valence-electron chi connectivity index (χ0n) is 10.2. The molecule has 6 nitrogen and oxygen atoms in total. The van der Waals surface area contributed by atoms with Crippen LogP contribution in [0.3, 0.4) is 0 Å². The second-order valence-electron chi connectivity index (χ2n) is 4.24.